The van der Waals surface area contributed by atoms with Crippen molar-refractivity contribution in [3.05, 3.63) is 12.4 Å². The first-order chi connectivity index (χ1) is 6.75. The molecule has 1 fully saturated rings. The Morgan fingerprint density at radius 2 is 2.14 bits per heavy atom. The molecule has 4 heteroatoms. The van der Waals surface area contributed by atoms with Gasteiger partial charge in [-0.3, -0.25) is 4.99 Å². The average molecular weight is 194 g/mol. The van der Waals surface area contributed by atoms with Crippen molar-refractivity contribution < 1.29 is 0 Å². The molecule has 2 N–H and O–H groups in total. The van der Waals surface area contributed by atoms with Crippen molar-refractivity contribution in [2.45, 2.75) is 12.8 Å². The molecule has 1 saturated heterocycles. The highest BCUT2D eigenvalue weighted by atomic mass is 15.4. The normalized spacial score (nSPS) is 25.3. The summed E-state index contributed by atoms with van der Waals surface area (Å²) < 4.78 is 0. The first kappa shape index (κ1) is 9.68. The van der Waals surface area contributed by atoms with E-state index in [4.69, 9.17) is 5.84 Å². The van der Waals surface area contributed by atoms with E-state index >= 15 is 0 Å². The molecule has 0 aromatic carbocycles. The molecular weight excluding hydrogens is 176 g/mol. The molecule has 4 nitrogen and oxygen atoms in total. The Balaban J connectivity index is 1.95. The van der Waals surface area contributed by atoms with E-state index in [2.05, 4.69) is 16.9 Å². The number of hydrogen-bond donors (Lipinski definition) is 1. The van der Waals surface area contributed by atoms with Crippen molar-refractivity contribution in [2.75, 3.05) is 26.7 Å². The fraction of sp³-hybridized carbons (Fsp3) is 0.700. The second kappa shape index (κ2) is 4.11. The number of nitrogens with zero attached hydrogens (tertiary/aromatic N) is 3. The number of rotatable bonds is 1. The van der Waals surface area contributed by atoms with Gasteiger partial charge in [-0.05, 0) is 33.0 Å². The van der Waals surface area contributed by atoms with Gasteiger partial charge < -0.3 is 9.91 Å². The maximum absolute atomic E-state index is 5.71. The zero-order chi connectivity index (χ0) is 9.97. The van der Waals surface area contributed by atoms with Crippen LogP contribution in [0.25, 0.3) is 0 Å². The van der Waals surface area contributed by atoms with Crippen LogP contribution < -0.4 is 5.84 Å². The predicted molar refractivity (Wildman–Crippen MR) is 57.7 cm³/mol. The summed E-state index contributed by atoms with van der Waals surface area (Å²) in [6.07, 6.45) is 6.06. The van der Waals surface area contributed by atoms with Gasteiger partial charge in [-0.2, -0.15) is 0 Å². The van der Waals surface area contributed by atoms with Gasteiger partial charge in [-0.15, -0.1) is 0 Å². The molecule has 0 saturated carbocycles. The summed E-state index contributed by atoms with van der Waals surface area (Å²) >= 11 is 0. The third-order valence-electron chi connectivity index (χ3n) is 3.03. The molecule has 0 radical (unpaired) electrons. The van der Waals surface area contributed by atoms with Crippen LogP contribution in [0.4, 0.5) is 0 Å². The number of hydrazine groups is 1. The summed E-state index contributed by atoms with van der Waals surface area (Å²) in [6.45, 7) is 3.15. The first-order valence-corrected chi connectivity index (χ1v) is 5.19. The van der Waals surface area contributed by atoms with Crippen LogP contribution in [-0.2, 0) is 0 Å². The molecule has 0 unspecified atom stereocenters. The van der Waals surface area contributed by atoms with Gasteiger partial charge in [0.25, 0.3) is 0 Å². The monoisotopic (exact) mass is 194 g/mol. The Labute approximate surface area is 85.0 Å². The van der Waals surface area contributed by atoms with Crippen LogP contribution in [-0.4, -0.2) is 42.3 Å². The maximum Gasteiger partial charge on any atom is 0.0721 e. The number of likely N-dealkylation sites (tertiary alicyclic amines) is 1. The van der Waals surface area contributed by atoms with Gasteiger partial charge in [0.1, 0.15) is 0 Å². The van der Waals surface area contributed by atoms with Crippen LogP contribution in [0, 0.1) is 5.92 Å². The lowest BCUT2D eigenvalue weighted by molar-refractivity contribution is 0.249. The van der Waals surface area contributed by atoms with E-state index in [-0.39, 0.29) is 0 Å². The smallest absolute Gasteiger partial charge is 0.0721 e. The van der Waals surface area contributed by atoms with Crippen molar-refractivity contribution >= 4 is 5.71 Å². The lowest BCUT2D eigenvalue weighted by Gasteiger charge is -2.31. The van der Waals surface area contributed by atoms with E-state index < -0.39 is 0 Å². The van der Waals surface area contributed by atoms with E-state index in [1.54, 1.807) is 11.2 Å². The number of nitrogens with two attached hydrogens (primary N) is 1. The Morgan fingerprint density at radius 1 is 1.43 bits per heavy atom. The van der Waals surface area contributed by atoms with Crippen molar-refractivity contribution in [3.8, 4) is 0 Å². The molecule has 2 aliphatic rings. The molecule has 0 atom stereocenters. The van der Waals surface area contributed by atoms with Gasteiger partial charge in [-0.1, -0.05) is 0 Å². The van der Waals surface area contributed by atoms with Gasteiger partial charge in [0.05, 0.1) is 6.54 Å². The van der Waals surface area contributed by atoms with Crippen LogP contribution >= 0.6 is 0 Å². The minimum atomic E-state index is 0.641. The molecule has 2 rings (SSSR count). The third kappa shape index (κ3) is 2.13. The number of piperidine rings is 1. The Hall–Kier alpha value is -0.870. The van der Waals surface area contributed by atoms with Crippen molar-refractivity contribution in [2.24, 2.45) is 16.8 Å². The summed E-state index contributed by atoms with van der Waals surface area (Å²) in [5, 5.41) is 1.71. The molecule has 2 heterocycles. The Bertz CT molecular complexity index is 251. The fourth-order valence-corrected chi connectivity index (χ4v) is 2.07. The molecule has 0 aliphatic carbocycles. The lowest BCUT2D eigenvalue weighted by Crippen LogP contribution is -2.40. The Morgan fingerprint density at radius 3 is 2.79 bits per heavy atom. The lowest BCUT2D eigenvalue weighted by atomic mass is 9.91. The highest BCUT2D eigenvalue weighted by Gasteiger charge is 2.22. The van der Waals surface area contributed by atoms with Crippen LogP contribution in [0.5, 0.6) is 0 Å². The third-order valence-corrected chi connectivity index (χ3v) is 3.03. The van der Waals surface area contributed by atoms with Crippen LogP contribution in [0.3, 0.4) is 0 Å². The van der Waals surface area contributed by atoms with Gasteiger partial charge in [-0.25, -0.2) is 5.84 Å². The second-order valence-corrected chi connectivity index (χ2v) is 4.17. The summed E-state index contributed by atoms with van der Waals surface area (Å²) in [4.78, 5) is 6.80. The van der Waals surface area contributed by atoms with Gasteiger partial charge in [0.2, 0.25) is 0 Å². The first-order valence-electron chi connectivity index (χ1n) is 5.19. The van der Waals surface area contributed by atoms with Gasteiger partial charge in [0, 0.05) is 24.0 Å². The summed E-state index contributed by atoms with van der Waals surface area (Å²) in [5.41, 5.74) is 1.25. The van der Waals surface area contributed by atoms with Crippen LogP contribution in [0.15, 0.2) is 17.4 Å². The maximum atomic E-state index is 5.71. The molecule has 0 bridgehead atoms. The minimum Gasteiger partial charge on any atom is -0.311 e. The topological polar surface area (TPSA) is 44.9 Å². The van der Waals surface area contributed by atoms with Gasteiger partial charge >= 0.3 is 0 Å². The fourth-order valence-electron chi connectivity index (χ4n) is 2.07. The zero-order valence-electron chi connectivity index (χ0n) is 8.69. The van der Waals surface area contributed by atoms with Crippen molar-refractivity contribution in [1.29, 1.82) is 0 Å². The van der Waals surface area contributed by atoms with E-state index in [9.17, 15) is 0 Å². The van der Waals surface area contributed by atoms with E-state index in [1.807, 2.05) is 6.20 Å². The molecule has 0 aromatic rings. The molecule has 78 valence electrons. The SMILES string of the molecule is CN1CCC(C2=NC=CN(N)C2)CC1. The largest absolute Gasteiger partial charge is 0.311 e. The zero-order valence-corrected chi connectivity index (χ0v) is 8.69. The molecule has 0 spiro atoms. The van der Waals surface area contributed by atoms with Crippen LogP contribution in [0.2, 0.25) is 0 Å². The summed E-state index contributed by atoms with van der Waals surface area (Å²) in [5.74, 6) is 6.36. The number of hydrogen-bond acceptors (Lipinski definition) is 4. The highest BCUT2D eigenvalue weighted by Crippen LogP contribution is 2.19. The Kier molecular flexibility index (Phi) is 2.84. The van der Waals surface area contributed by atoms with Crippen molar-refractivity contribution in [1.82, 2.24) is 9.91 Å². The molecular formula is C10H18N4. The van der Waals surface area contributed by atoms with E-state index in [1.165, 1.54) is 31.6 Å². The average Bonchev–Trinajstić information content (AvgIpc) is 2.19. The molecule has 2 aliphatic heterocycles. The van der Waals surface area contributed by atoms with Crippen molar-refractivity contribution in [3.63, 3.8) is 0 Å². The summed E-state index contributed by atoms with van der Waals surface area (Å²) in [7, 11) is 2.17. The van der Waals surface area contributed by atoms with E-state index in [0.29, 0.717) is 5.92 Å². The standard InChI is InChI=1S/C10H18N4/c1-13-5-2-9(3-6-13)10-8-14(11)7-4-12-10/h4,7,9H,2-3,5-6,8,11H2,1H3. The molecule has 0 amide bonds. The van der Waals surface area contributed by atoms with E-state index in [0.717, 1.165) is 6.54 Å². The quantitative estimate of drug-likeness (QED) is 0.616. The predicted octanol–water partition coefficient (Wildman–Crippen LogP) is 0.430. The highest BCUT2D eigenvalue weighted by molar-refractivity contribution is 5.89. The second-order valence-electron chi connectivity index (χ2n) is 4.17. The minimum absolute atomic E-state index is 0.641. The molecule has 0 aromatic heterocycles. The summed E-state index contributed by atoms with van der Waals surface area (Å²) in [6, 6.07) is 0. The molecule has 14 heavy (non-hydrogen) atoms. The van der Waals surface area contributed by atoms with Crippen LogP contribution in [0.1, 0.15) is 12.8 Å². The van der Waals surface area contributed by atoms with Gasteiger partial charge in [0.15, 0.2) is 0 Å². The number of aliphatic imine (C=N–C) groups is 1.